The zero-order valence-corrected chi connectivity index (χ0v) is 21.9. The summed E-state index contributed by atoms with van der Waals surface area (Å²) in [4.78, 5) is 31.8. The third-order valence-electron chi connectivity index (χ3n) is 6.57. The fourth-order valence-corrected chi connectivity index (χ4v) is 6.03. The maximum Gasteiger partial charge on any atom is 0.341 e. The van der Waals surface area contributed by atoms with Crippen LogP contribution in [0.3, 0.4) is 0 Å². The number of rotatable bonds is 7. The molecule has 1 atom stereocenters. The lowest BCUT2D eigenvalue weighted by atomic mass is 9.88. The van der Waals surface area contributed by atoms with Gasteiger partial charge in [-0.05, 0) is 68.0 Å². The Kier molecular flexibility index (Phi) is 7.11. The molecule has 0 saturated carbocycles. The summed E-state index contributed by atoms with van der Waals surface area (Å²) in [5, 5.41) is 7.23. The first-order valence-electron chi connectivity index (χ1n) is 12.2. The zero-order chi connectivity index (χ0) is 27.0. The number of aromatic nitrogens is 3. The molecule has 0 saturated heterocycles. The molecule has 0 unspecified atom stereocenters. The van der Waals surface area contributed by atoms with Crippen molar-refractivity contribution in [2.45, 2.75) is 39.5 Å². The van der Waals surface area contributed by atoms with E-state index in [4.69, 9.17) is 9.47 Å². The number of alkyl halides is 2. The largest absolute Gasteiger partial charge is 0.497 e. The van der Waals surface area contributed by atoms with Crippen LogP contribution in [0, 0.1) is 5.92 Å². The van der Waals surface area contributed by atoms with Gasteiger partial charge in [0, 0.05) is 10.4 Å². The van der Waals surface area contributed by atoms with Gasteiger partial charge in [0.2, 0.25) is 0 Å². The highest BCUT2D eigenvalue weighted by Gasteiger charge is 2.30. The second kappa shape index (κ2) is 10.5. The summed E-state index contributed by atoms with van der Waals surface area (Å²) < 4.78 is 39.4. The van der Waals surface area contributed by atoms with Gasteiger partial charge >= 0.3 is 5.97 Å². The number of nitrogens with one attached hydrogen (secondary N) is 1. The van der Waals surface area contributed by atoms with Gasteiger partial charge in [-0.15, -0.1) is 11.3 Å². The number of ether oxygens (including phenoxy) is 2. The van der Waals surface area contributed by atoms with E-state index in [1.165, 1.54) is 30.7 Å². The number of thiophene rings is 1. The van der Waals surface area contributed by atoms with Crippen LogP contribution in [0.2, 0.25) is 0 Å². The second-order valence-corrected chi connectivity index (χ2v) is 10.2. The van der Waals surface area contributed by atoms with Crippen LogP contribution >= 0.6 is 11.3 Å². The van der Waals surface area contributed by atoms with E-state index < -0.39 is 24.0 Å². The third kappa shape index (κ3) is 4.73. The Morgan fingerprint density at radius 3 is 2.71 bits per heavy atom. The molecule has 11 heteroatoms. The predicted molar refractivity (Wildman–Crippen MR) is 139 cm³/mol. The Morgan fingerprint density at radius 1 is 1.26 bits per heavy atom. The van der Waals surface area contributed by atoms with Crippen molar-refractivity contribution in [3.63, 3.8) is 0 Å². The third-order valence-corrected chi connectivity index (χ3v) is 7.74. The number of benzene rings is 1. The van der Waals surface area contributed by atoms with Crippen molar-refractivity contribution in [2.75, 3.05) is 19.0 Å². The average molecular weight is 541 g/mol. The van der Waals surface area contributed by atoms with Crippen LogP contribution < -0.4 is 10.1 Å². The molecule has 198 valence electrons. The van der Waals surface area contributed by atoms with Gasteiger partial charge in [-0.1, -0.05) is 6.92 Å². The fraction of sp³-hybridized carbons (Fsp3) is 0.333. The van der Waals surface area contributed by atoms with Crippen LogP contribution in [-0.2, 0) is 17.6 Å². The van der Waals surface area contributed by atoms with E-state index in [-0.39, 0.29) is 23.5 Å². The minimum absolute atomic E-state index is 0.0109. The summed E-state index contributed by atoms with van der Waals surface area (Å²) in [5.74, 6) is -0.0158. The Hall–Kier alpha value is -3.86. The molecule has 5 rings (SSSR count). The summed E-state index contributed by atoms with van der Waals surface area (Å²) in [6, 6.07) is 8.05. The van der Waals surface area contributed by atoms with Crippen molar-refractivity contribution in [3.8, 4) is 17.0 Å². The van der Waals surface area contributed by atoms with Crippen LogP contribution in [0.25, 0.3) is 16.9 Å². The molecule has 0 aliphatic heterocycles. The highest BCUT2D eigenvalue weighted by atomic mass is 32.1. The number of hydrogen-bond donors (Lipinski definition) is 1. The Bertz CT molecular complexity index is 1510. The molecule has 0 bridgehead atoms. The molecule has 1 aliphatic rings. The van der Waals surface area contributed by atoms with Crippen LogP contribution in [0.5, 0.6) is 5.75 Å². The van der Waals surface area contributed by atoms with E-state index in [2.05, 4.69) is 22.3 Å². The molecule has 0 radical (unpaired) electrons. The summed E-state index contributed by atoms with van der Waals surface area (Å²) in [6.45, 7) is 4.08. The molecule has 1 N–H and O–H groups in total. The van der Waals surface area contributed by atoms with Crippen LogP contribution in [0.4, 0.5) is 13.8 Å². The lowest BCUT2D eigenvalue weighted by Gasteiger charge is -2.18. The molecule has 1 amide bonds. The number of hydrogen-bond acceptors (Lipinski definition) is 7. The molecule has 0 fully saturated rings. The molecule has 8 nitrogen and oxygen atoms in total. The molecule has 3 heterocycles. The average Bonchev–Trinajstić information content (AvgIpc) is 3.49. The monoisotopic (exact) mass is 540 g/mol. The minimum atomic E-state index is -2.85. The topological polar surface area (TPSA) is 94.8 Å². The number of carbonyl (C=O) groups is 2. The van der Waals surface area contributed by atoms with E-state index in [9.17, 15) is 18.4 Å². The Balaban J connectivity index is 1.56. The summed E-state index contributed by atoms with van der Waals surface area (Å²) in [7, 11) is 1.53. The molecular formula is C27H26F2N4O4S. The number of fused-ring (bicyclic) bond motifs is 2. The molecule has 1 aliphatic carbocycles. The van der Waals surface area contributed by atoms with Crippen LogP contribution in [0.1, 0.15) is 63.5 Å². The normalized spacial score (nSPS) is 14.9. The molecule has 4 aromatic rings. The number of esters is 1. The fourth-order valence-electron chi connectivity index (χ4n) is 4.64. The maximum absolute atomic E-state index is 14.0. The van der Waals surface area contributed by atoms with Gasteiger partial charge in [-0.2, -0.15) is 5.10 Å². The second-order valence-electron chi connectivity index (χ2n) is 9.12. The first-order chi connectivity index (χ1) is 18.3. The number of halogens is 2. The van der Waals surface area contributed by atoms with E-state index in [0.29, 0.717) is 27.8 Å². The van der Waals surface area contributed by atoms with Gasteiger partial charge in [0.05, 0.1) is 31.2 Å². The van der Waals surface area contributed by atoms with Crippen LogP contribution in [-0.4, -0.2) is 40.2 Å². The molecular weight excluding hydrogens is 514 g/mol. The van der Waals surface area contributed by atoms with Gasteiger partial charge in [0.25, 0.3) is 12.3 Å². The smallest absolute Gasteiger partial charge is 0.341 e. The summed E-state index contributed by atoms with van der Waals surface area (Å²) in [6.07, 6.45) is 0.823. The Labute approximate surface area is 221 Å². The SMILES string of the molecule is CCOC(=O)c1c(NC(=O)c2cnn3c(C(F)F)cc(-c4ccc(OC)cc4)nc23)sc2c1CC[C@@H](C)C2. The minimum Gasteiger partial charge on any atom is -0.497 e. The summed E-state index contributed by atoms with van der Waals surface area (Å²) >= 11 is 1.35. The van der Waals surface area contributed by atoms with E-state index >= 15 is 0 Å². The number of nitrogens with zero attached hydrogens (tertiary/aromatic N) is 3. The zero-order valence-electron chi connectivity index (χ0n) is 21.1. The van der Waals surface area contributed by atoms with E-state index in [1.807, 2.05) is 0 Å². The highest BCUT2D eigenvalue weighted by Crippen LogP contribution is 2.40. The van der Waals surface area contributed by atoms with Crippen molar-refractivity contribution in [1.29, 1.82) is 0 Å². The number of methoxy groups -OCH3 is 1. The molecule has 38 heavy (non-hydrogen) atoms. The number of carbonyl (C=O) groups excluding carboxylic acids is 2. The first-order valence-corrected chi connectivity index (χ1v) is 13.1. The van der Waals surface area contributed by atoms with Crippen LogP contribution in [0.15, 0.2) is 36.5 Å². The van der Waals surface area contributed by atoms with Crippen molar-refractivity contribution in [2.24, 2.45) is 5.92 Å². The van der Waals surface area contributed by atoms with E-state index in [0.717, 1.165) is 34.2 Å². The standard InChI is InChI=1S/C27H26F2N4O4S/c1-4-37-27(35)22-17-10-5-14(2)11-21(17)38-26(22)32-25(34)18-13-30-33-20(23(28)29)12-19(31-24(18)33)15-6-8-16(36-3)9-7-15/h6-9,12-14,23H,4-5,10-11H2,1-3H3,(H,32,34)/t14-/m1/s1. The maximum atomic E-state index is 14.0. The lowest BCUT2D eigenvalue weighted by Crippen LogP contribution is -2.17. The Morgan fingerprint density at radius 2 is 2.03 bits per heavy atom. The lowest BCUT2D eigenvalue weighted by molar-refractivity contribution is 0.0526. The molecule has 3 aromatic heterocycles. The predicted octanol–water partition coefficient (Wildman–Crippen LogP) is 5.96. The van der Waals surface area contributed by atoms with Crippen molar-refractivity contribution < 1.29 is 27.8 Å². The number of anilines is 1. The van der Waals surface area contributed by atoms with Gasteiger partial charge < -0.3 is 14.8 Å². The quantitative estimate of drug-likeness (QED) is 0.291. The van der Waals surface area contributed by atoms with Gasteiger partial charge in [0.15, 0.2) is 5.65 Å². The van der Waals surface area contributed by atoms with Gasteiger partial charge in [0.1, 0.15) is 22.0 Å². The first kappa shape index (κ1) is 25.8. The molecule has 0 spiro atoms. The molecule has 1 aromatic carbocycles. The van der Waals surface area contributed by atoms with E-state index in [1.54, 1.807) is 31.2 Å². The van der Waals surface area contributed by atoms with Crippen molar-refractivity contribution in [3.05, 3.63) is 63.8 Å². The van der Waals surface area contributed by atoms with Gasteiger partial charge in [-0.3, -0.25) is 4.79 Å². The van der Waals surface area contributed by atoms with Gasteiger partial charge in [-0.25, -0.2) is 23.1 Å². The summed E-state index contributed by atoms with van der Waals surface area (Å²) in [5.41, 5.74) is 1.71. The van der Waals surface area contributed by atoms with Crippen molar-refractivity contribution >= 4 is 33.9 Å². The van der Waals surface area contributed by atoms with Crippen molar-refractivity contribution in [1.82, 2.24) is 14.6 Å². The number of amides is 1. The highest BCUT2D eigenvalue weighted by molar-refractivity contribution is 7.17.